The number of hydrogen-bond donors (Lipinski definition) is 0. The van der Waals surface area contributed by atoms with Crippen LogP contribution in [0.3, 0.4) is 0 Å². The molecule has 0 radical (unpaired) electrons. The molecule has 1 unspecified atom stereocenters. The van der Waals surface area contributed by atoms with E-state index in [1.54, 1.807) is 0 Å². The Bertz CT molecular complexity index is 2360. The molecule has 0 aliphatic heterocycles. The lowest BCUT2D eigenvalue weighted by Crippen LogP contribution is -2.09. The van der Waals surface area contributed by atoms with Gasteiger partial charge >= 0.3 is 0 Å². The number of allylic oxidation sites excluding steroid dienone is 4. The number of fused-ring (bicyclic) bond motifs is 6. The molecule has 5 aromatic carbocycles. The van der Waals surface area contributed by atoms with Crippen LogP contribution in [-0.2, 0) is 0 Å². The van der Waals surface area contributed by atoms with Gasteiger partial charge in [-0.1, -0.05) is 115 Å². The van der Waals surface area contributed by atoms with Crippen LogP contribution in [0, 0.1) is 0 Å². The van der Waals surface area contributed by atoms with Gasteiger partial charge in [0.1, 0.15) is 0 Å². The van der Waals surface area contributed by atoms with Crippen molar-refractivity contribution in [3.05, 3.63) is 145 Å². The molecule has 0 N–H and O–H groups in total. The molecule has 0 fully saturated rings. The van der Waals surface area contributed by atoms with E-state index in [0.717, 1.165) is 23.1 Å². The quantitative estimate of drug-likeness (QED) is 0.207. The summed E-state index contributed by atoms with van der Waals surface area (Å²) in [6.45, 7) is 0. The van der Waals surface area contributed by atoms with E-state index in [0.29, 0.717) is 17.5 Å². The van der Waals surface area contributed by atoms with Crippen LogP contribution in [0.5, 0.6) is 0 Å². The summed E-state index contributed by atoms with van der Waals surface area (Å²) in [6, 6.07) is 42.8. The van der Waals surface area contributed by atoms with Gasteiger partial charge in [0, 0.05) is 53.2 Å². The van der Waals surface area contributed by atoms with Crippen LogP contribution in [-0.4, -0.2) is 19.5 Å². The van der Waals surface area contributed by atoms with Crippen LogP contribution < -0.4 is 0 Å². The highest BCUT2D eigenvalue weighted by molar-refractivity contribution is 7.25. The largest absolute Gasteiger partial charge is 0.333 e. The van der Waals surface area contributed by atoms with E-state index in [2.05, 4.69) is 83.5 Å². The van der Waals surface area contributed by atoms with E-state index in [1.165, 1.54) is 42.0 Å². The van der Waals surface area contributed by atoms with Crippen LogP contribution in [0.1, 0.15) is 18.3 Å². The fourth-order valence-electron chi connectivity index (χ4n) is 6.48. The summed E-state index contributed by atoms with van der Waals surface area (Å²) in [6.07, 6.45) is 7.62. The molecule has 3 heterocycles. The topological polar surface area (TPSA) is 43.6 Å². The van der Waals surface area contributed by atoms with E-state index >= 15 is 0 Å². The summed E-state index contributed by atoms with van der Waals surface area (Å²) in [4.78, 5) is 14.8. The highest BCUT2D eigenvalue weighted by Gasteiger charge is 2.21. The summed E-state index contributed by atoms with van der Waals surface area (Å²) >= 11 is 1.87. The van der Waals surface area contributed by atoms with Crippen molar-refractivity contribution in [3.63, 3.8) is 0 Å². The molecule has 4 nitrogen and oxygen atoms in total. The maximum atomic E-state index is 4.95. The number of hydrogen-bond acceptors (Lipinski definition) is 4. The third-order valence-electron chi connectivity index (χ3n) is 8.57. The Balaban J connectivity index is 1.15. The van der Waals surface area contributed by atoms with E-state index in [1.807, 2.05) is 72.0 Å². The van der Waals surface area contributed by atoms with Crippen LogP contribution >= 0.6 is 11.3 Å². The smallest absolute Gasteiger partial charge is 0.164 e. The Labute approximate surface area is 258 Å². The van der Waals surface area contributed by atoms with Crippen LogP contribution in [0.25, 0.3) is 70.3 Å². The normalized spacial score (nSPS) is 15.0. The summed E-state index contributed by atoms with van der Waals surface area (Å²) in [7, 11) is 0. The van der Waals surface area contributed by atoms with Gasteiger partial charge in [0.25, 0.3) is 0 Å². The van der Waals surface area contributed by atoms with Crippen molar-refractivity contribution >= 4 is 58.9 Å². The third kappa shape index (κ3) is 4.08. The average molecular weight is 583 g/mol. The summed E-state index contributed by atoms with van der Waals surface area (Å²) in [5, 5.41) is 5.26. The van der Waals surface area contributed by atoms with Gasteiger partial charge in [-0.25, -0.2) is 15.0 Å². The maximum Gasteiger partial charge on any atom is 0.164 e. The van der Waals surface area contributed by atoms with Crippen LogP contribution in [0.2, 0.25) is 0 Å². The Kier molecular flexibility index (Phi) is 5.78. The third-order valence-corrected chi connectivity index (χ3v) is 9.71. The van der Waals surface area contributed by atoms with E-state index in [-0.39, 0.29) is 6.04 Å². The monoisotopic (exact) mass is 582 g/mol. The molecule has 44 heavy (non-hydrogen) atoms. The van der Waals surface area contributed by atoms with Crippen molar-refractivity contribution in [2.45, 2.75) is 12.5 Å². The van der Waals surface area contributed by atoms with Gasteiger partial charge in [0.15, 0.2) is 17.5 Å². The van der Waals surface area contributed by atoms with Crippen molar-refractivity contribution in [1.82, 2.24) is 19.5 Å². The van der Waals surface area contributed by atoms with Gasteiger partial charge in [-0.2, -0.15) is 0 Å². The Morgan fingerprint density at radius 3 is 1.89 bits per heavy atom. The van der Waals surface area contributed by atoms with Gasteiger partial charge in [0.05, 0.1) is 11.6 Å². The summed E-state index contributed by atoms with van der Waals surface area (Å²) in [5.74, 6) is 2.06. The number of benzene rings is 5. The van der Waals surface area contributed by atoms with Crippen molar-refractivity contribution in [1.29, 1.82) is 0 Å². The van der Waals surface area contributed by atoms with Crippen LogP contribution in [0.4, 0.5) is 0 Å². The van der Waals surface area contributed by atoms with Crippen LogP contribution in [0.15, 0.2) is 140 Å². The number of nitrogens with zero attached hydrogens (tertiary/aromatic N) is 4. The van der Waals surface area contributed by atoms with Crippen molar-refractivity contribution in [3.8, 4) is 22.8 Å². The molecule has 0 saturated carbocycles. The number of thiophene rings is 1. The summed E-state index contributed by atoms with van der Waals surface area (Å²) < 4.78 is 5.17. The first-order valence-corrected chi connectivity index (χ1v) is 15.7. The minimum Gasteiger partial charge on any atom is -0.333 e. The molecule has 208 valence electrons. The second kappa shape index (κ2) is 10.1. The Morgan fingerprint density at radius 1 is 0.545 bits per heavy atom. The molecule has 8 aromatic rings. The van der Waals surface area contributed by atoms with E-state index in [9.17, 15) is 0 Å². The molecular formula is C39H26N4S. The number of aromatic nitrogens is 4. The van der Waals surface area contributed by atoms with Gasteiger partial charge in [-0.15, -0.1) is 11.3 Å². The Morgan fingerprint density at radius 2 is 1.18 bits per heavy atom. The Hall–Kier alpha value is -5.39. The SMILES string of the molecule is C1=CC(n2c3ccccc3c3cc4c(cc32)sc2ccccc24)CC=C1c1nc(-c2ccccc2)nc(-c2ccccc2)n1. The van der Waals surface area contributed by atoms with Crippen molar-refractivity contribution < 1.29 is 0 Å². The van der Waals surface area contributed by atoms with Crippen molar-refractivity contribution in [2.75, 3.05) is 0 Å². The van der Waals surface area contributed by atoms with Gasteiger partial charge in [-0.05, 0) is 30.7 Å². The average Bonchev–Trinajstić information content (AvgIpc) is 3.62. The first-order valence-electron chi connectivity index (χ1n) is 14.9. The summed E-state index contributed by atoms with van der Waals surface area (Å²) in [5.41, 5.74) is 5.50. The van der Waals surface area contributed by atoms with Gasteiger partial charge in [0.2, 0.25) is 0 Å². The molecule has 3 aromatic heterocycles. The zero-order valence-corrected chi connectivity index (χ0v) is 24.6. The maximum absolute atomic E-state index is 4.95. The lowest BCUT2D eigenvalue weighted by Gasteiger charge is -2.20. The molecule has 5 heteroatoms. The van der Waals surface area contributed by atoms with E-state index in [4.69, 9.17) is 15.0 Å². The number of para-hydroxylation sites is 1. The second-order valence-electron chi connectivity index (χ2n) is 11.2. The minimum absolute atomic E-state index is 0.178. The standard InChI is InChI=1S/C39H26N4S/c1-3-11-25(12-4-1)37-40-38(26-13-5-2-6-14-26)42-39(41-37)27-19-21-28(22-20-27)43-33-17-9-7-15-29(33)31-23-32-30-16-8-10-18-35(30)44-36(32)24-34(31)43/h1-21,23-24,28H,22H2. The highest BCUT2D eigenvalue weighted by atomic mass is 32.1. The predicted molar refractivity (Wildman–Crippen MR) is 184 cm³/mol. The molecule has 0 spiro atoms. The highest BCUT2D eigenvalue weighted by Crippen LogP contribution is 2.42. The fraction of sp³-hybridized carbons (Fsp3) is 0.0513. The molecule has 1 atom stereocenters. The molecule has 0 saturated heterocycles. The molecular weight excluding hydrogens is 557 g/mol. The van der Waals surface area contributed by atoms with Gasteiger partial charge < -0.3 is 4.57 Å². The van der Waals surface area contributed by atoms with Gasteiger partial charge in [-0.3, -0.25) is 0 Å². The minimum atomic E-state index is 0.178. The lowest BCUT2D eigenvalue weighted by atomic mass is 10.0. The molecule has 1 aliphatic carbocycles. The second-order valence-corrected chi connectivity index (χ2v) is 12.3. The lowest BCUT2D eigenvalue weighted by molar-refractivity contribution is 0.649. The molecule has 0 amide bonds. The molecule has 1 aliphatic rings. The molecule has 9 rings (SSSR count). The van der Waals surface area contributed by atoms with E-state index < -0.39 is 0 Å². The first-order chi connectivity index (χ1) is 21.8. The number of rotatable bonds is 4. The van der Waals surface area contributed by atoms with Crippen molar-refractivity contribution in [2.24, 2.45) is 0 Å². The molecule has 0 bridgehead atoms. The zero-order valence-electron chi connectivity index (χ0n) is 23.8. The fourth-order valence-corrected chi connectivity index (χ4v) is 7.60. The predicted octanol–water partition coefficient (Wildman–Crippen LogP) is 10.3. The zero-order chi connectivity index (χ0) is 29.0. The first kappa shape index (κ1) is 25.1.